The van der Waals surface area contributed by atoms with Crippen molar-refractivity contribution in [2.24, 2.45) is 0 Å². The third-order valence-electron chi connectivity index (χ3n) is 4.23. The van der Waals surface area contributed by atoms with Crippen LogP contribution >= 0.6 is 0 Å². The normalized spacial score (nSPS) is 11.5. The van der Waals surface area contributed by atoms with Crippen molar-refractivity contribution in [1.82, 2.24) is 9.71 Å². The lowest BCUT2D eigenvalue weighted by atomic mass is 10.1. The molecular formula is C19H18N2O6S. The van der Waals surface area contributed by atoms with Gasteiger partial charge in [-0.2, -0.15) is 0 Å². The van der Waals surface area contributed by atoms with E-state index in [-0.39, 0.29) is 29.0 Å². The maximum absolute atomic E-state index is 12.3. The summed E-state index contributed by atoms with van der Waals surface area (Å²) in [5, 5.41) is 9.68. The summed E-state index contributed by atoms with van der Waals surface area (Å²) in [4.78, 5) is 25.8. The molecule has 0 aliphatic rings. The van der Waals surface area contributed by atoms with Crippen molar-refractivity contribution >= 4 is 26.9 Å². The number of rotatable bonds is 7. The maximum Gasteiger partial charge on any atom is 0.335 e. The van der Waals surface area contributed by atoms with Crippen molar-refractivity contribution in [3.05, 3.63) is 70.0 Å². The first kappa shape index (κ1) is 19.6. The largest absolute Gasteiger partial charge is 0.497 e. The molecule has 0 spiro atoms. The molecule has 0 amide bonds. The number of aromatic carboxylic acids is 1. The highest BCUT2D eigenvalue weighted by molar-refractivity contribution is 7.89. The highest BCUT2D eigenvalue weighted by Gasteiger charge is 2.15. The molecule has 0 atom stereocenters. The smallest absolute Gasteiger partial charge is 0.335 e. The Morgan fingerprint density at radius 1 is 1.14 bits per heavy atom. The van der Waals surface area contributed by atoms with Crippen molar-refractivity contribution in [3.8, 4) is 5.75 Å². The number of nitrogens with one attached hydrogen (secondary N) is 2. The fourth-order valence-electron chi connectivity index (χ4n) is 2.72. The van der Waals surface area contributed by atoms with E-state index >= 15 is 0 Å². The second kappa shape index (κ2) is 7.83. The van der Waals surface area contributed by atoms with E-state index in [4.69, 9.17) is 9.84 Å². The molecule has 3 aromatic rings. The minimum Gasteiger partial charge on any atom is -0.497 e. The van der Waals surface area contributed by atoms with Gasteiger partial charge in [-0.1, -0.05) is 0 Å². The van der Waals surface area contributed by atoms with Crippen molar-refractivity contribution < 1.29 is 23.1 Å². The van der Waals surface area contributed by atoms with Gasteiger partial charge >= 0.3 is 5.97 Å². The molecule has 0 radical (unpaired) electrons. The Morgan fingerprint density at radius 3 is 2.50 bits per heavy atom. The number of benzene rings is 2. The molecule has 0 aliphatic carbocycles. The summed E-state index contributed by atoms with van der Waals surface area (Å²) < 4.78 is 32.2. The molecule has 0 aliphatic heterocycles. The number of carboxylic acid groups (broad SMARTS) is 1. The van der Waals surface area contributed by atoms with E-state index in [1.165, 1.54) is 31.4 Å². The molecule has 3 N–H and O–H groups in total. The van der Waals surface area contributed by atoms with Crippen LogP contribution in [0.15, 0.2) is 58.2 Å². The van der Waals surface area contributed by atoms with Crippen LogP contribution in [0.1, 0.15) is 15.9 Å². The van der Waals surface area contributed by atoms with Crippen LogP contribution in [0.5, 0.6) is 5.75 Å². The van der Waals surface area contributed by atoms with Gasteiger partial charge in [0.2, 0.25) is 10.0 Å². The van der Waals surface area contributed by atoms with E-state index in [0.717, 1.165) is 5.39 Å². The van der Waals surface area contributed by atoms with Gasteiger partial charge in [0.05, 0.1) is 23.1 Å². The monoisotopic (exact) mass is 402 g/mol. The van der Waals surface area contributed by atoms with Gasteiger partial charge in [0.25, 0.3) is 5.56 Å². The van der Waals surface area contributed by atoms with Gasteiger partial charge in [0.15, 0.2) is 0 Å². The first-order chi connectivity index (χ1) is 13.3. The highest BCUT2D eigenvalue weighted by atomic mass is 32.2. The van der Waals surface area contributed by atoms with Crippen LogP contribution in [0.4, 0.5) is 0 Å². The number of pyridine rings is 1. The number of ether oxygens (including phenoxy) is 1. The number of carbonyl (C=O) groups is 1. The molecule has 28 heavy (non-hydrogen) atoms. The zero-order valence-corrected chi connectivity index (χ0v) is 15.7. The second-order valence-electron chi connectivity index (χ2n) is 6.05. The Hall–Kier alpha value is -3.17. The van der Waals surface area contributed by atoms with Crippen LogP contribution in [-0.4, -0.2) is 38.1 Å². The van der Waals surface area contributed by atoms with Gasteiger partial charge in [0.1, 0.15) is 5.75 Å². The number of sulfonamides is 1. The summed E-state index contributed by atoms with van der Waals surface area (Å²) >= 11 is 0. The Labute approximate surface area is 160 Å². The van der Waals surface area contributed by atoms with Gasteiger partial charge in [-0.25, -0.2) is 17.9 Å². The van der Waals surface area contributed by atoms with Gasteiger partial charge in [-0.15, -0.1) is 0 Å². The molecule has 1 aromatic heterocycles. The zero-order valence-electron chi connectivity index (χ0n) is 14.9. The third kappa shape index (κ3) is 4.21. The van der Waals surface area contributed by atoms with E-state index in [9.17, 15) is 18.0 Å². The molecule has 0 saturated heterocycles. The molecule has 146 valence electrons. The molecule has 0 fully saturated rings. The fourth-order valence-corrected chi connectivity index (χ4v) is 3.75. The number of fused-ring (bicyclic) bond motifs is 1. The number of hydrogen-bond donors (Lipinski definition) is 3. The standard InChI is InChI=1S/C19H18N2O6S/c1-27-15-5-2-13-10-14(18(22)21-17(13)11-15)8-9-20-28(25,26)16-6-3-12(4-7-16)19(23)24/h2-7,10-11,20H,8-9H2,1H3,(H,21,22)(H,23,24). The first-order valence-electron chi connectivity index (χ1n) is 8.33. The predicted octanol–water partition coefficient (Wildman–Crippen LogP) is 1.76. The van der Waals surface area contributed by atoms with E-state index in [1.807, 2.05) is 6.07 Å². The molecule has 2 aromatic carbocycles. The number of aromatic amines is 1. The Morgan fingerprint density at radius 2 is 1.86 bits per heavy atom. The van der Waals surface area contributed by atoms with Crippen molar-refractivity contribution in [1.29, 1.82) is 0 Å². The lowest BCUT2D eigenvalue weighted by Crippen LogP contribution is -2.27. The summed E-state index contributed by atoms with van der Waals surface area (Å²) in [7, 11) is -2.27. The number of carboxylic acids is 1. The maximum atomic E-state index is 12.3. The minimum absolute atomic E-state index is 0.00159. The molecule has 9 heteroatoms. The first-order valence-corrected chi connectivity index (χ1v) is 9.81. The van der Waals surface area contributed by atoms with Crippen LogP contribution in [0.3, 0.4) is 0 Å². The van der Waals surface area contributed by atoms with Crippen molar-refractivity contribution in [3.63, 3.8) is 0 Å². The number of aromatic nitrogens is 1. The van der Waals surface area contributed by atoms with Crippen LogP contribution in [0, 0.1) is 0 Å². The van der Waals surface area contributed by atoms with Crippen LogP contribution in [-0.2, 0) is 16.4 Å². The number of H-pyrrole nitrogens is 1. The lowest BCUT2D eigenvalue weighted by Gasteiger charge is -2.08. The van der Waals surface area contributed by atoms with Gasteiger partial charge in [-0.05, 0) is 54.3 Å². The average molecular weight is 402 g/mol. The van der Waals surface area contributed by atoms with Crippen molar-refractivity contribution in [2.45, 2.75) is 11.3 Å². The second-order valence-corrected chi connectivity index (χ2v) is 7.82. The summed E-state index contributed by atoms with van der Waals surface area (Å²) in [5.41, 5.74) is 0.776. The summed E-state index contributed by atoms with van der Waals surface area (Å²) in [6, 6.07) is 11.9. The average Bonchev–Trinajstić information content (AvgIpc) is 2.68. The molecule has 8 nitrogen and oxygen atoms in total. The summed E-state index contributed by atoms with van der Waals surface area (Å²) in [6.45, 7) is 0.0216. The zero-order chi connectivity index (χ0) is 20.3. The van der Waals surface area contributed by atoms with Gasteiger partial charge in [0, 0.05) is 18.2 Å². The minimum atomic E-state index is -3.81. The number of hydrogen-bond acceptors (Lipinski definition) is 5. The molecule has 1 heterocycles. The lowest BCUT2D eigenvalue weighted by molar-refractivity contribution is 0.0696. The SMILES string of the molecule is COc1ccc2cc(CCNS(=O)(=O)c3ccc(C(=O)O)cc3)c(=O)[nH]c2c1. The van der Waals surface area contributed by atoms with Crippen LogP contribution < -0.4 is 15.0 Å². The quantitative estimate of drug-likeness (QED) is 0.553. The van der Waals surface area contributed by atoms with Gasteiger partial charge in [-0.3, -0.25) is 4.79 Å². The van der Waals surface area contributed by atoms with Crippen LogP contribution in [0.25, 0.3) is 10.9 Å². The van der Waals surface area contributed by atoms with Crippen LogP contribution in [0.2, 0.25) is 0 Å². The van der Waals surface area contributed by atoms with Crippen molar-refractivity contribution in [2.75, 3.05) is 13.7 Å². The molecule has 3 rings (SSSR count). The Bertz CT molecular complexity index is 1180. The summed E-state index contributed by atoms with van der Waals surface area (Å²) in [6.07, 6.45) is 0.198. The summed E-state index contributed by atoms with van der Waals surface area (Å²) in [5.74, 6) is -0.511. The molecular weight excluding hydrogens is 384 g/mol. The molecule has 0 saturated carbocycles. The fraction of sp³-hybridized carbons (Fsp3) is 0.158. The van der Waals surface area contributed by atoms with E-state index in [1.54, 1.807) is 18.2 Å². The van der Waals surface area contributed by atoms with E-state index in [0.29, 0.717) is 16.8 Å². The number of methoxy groups -OCH3 is 1. The third-order valence-corrected chi connectivity index (χ3v) is 5.70. The molecule has 0 unspecified atom stereocenters. The Balaban J connectivity index is 1.72. The van der Waals surface area contributed by atoms with E-state index < -0.39 is 16.0 Å². The molecule has 0 bridgehead atoms. The van der Waals surface area contributed by atoms with E-state index in [2.05, 4.69) is 9.71 Å². The van der Waals surface area contributed by atoms with Gasteiger partial charge < -0.3 is 14.8 Å². The topological polar surface area (TPSA) is 126 Å². The predicted molar refractivity (Wildman–Crippen MR) is 103 cm³/mol. The highest BCUT2D eigenvalue weighted by Crippen LogP contribution is 2.18. The Kier molecular flexibility index (Phi) is 5.48.